The molecule has 2 N–H and O–H groups in total. The Morgan fingerprint density at radius 1 is 1.15 bits per heavy atom. The van der Waals surface area contributed by atoms with Crippen LogP contribution in [-0.2, 0) is 4.79 Å². The van der Waals surface area contributed by atoms with Gasteiger partial charge in [-0.2, -0.15) is 0 Å². The second kappa shape index (κ2) is 5.92. The lowest BCUT2D eigenvalue weighted by Crippen LogP contribution is -2.33. The normalized spacial score (nSPS) is 12.6. The van der Waals surface area contributed by atoms with Crippen molar-refractivity contribution < 1.29 is 14.6 Å². The standard InChI is InChI=1S/C16H19NO3/c1-10(2)17-15(16(18)19)13-8-9-14(20-3)12-7-5-4-6-11(12)13/h4-10,15,17H,1-3H3,(H,18,19). The van der Waals surface area contributed by atoms with E-state index in [-0.39, 0.29) is 6.04 Å². The smallest absolute Gasteiger partial charge is 0.325 e. The Hall–Kier alpha value is -2.07. The minimum Gasteiger partial charge on any atom is -0.496 e. The molecule has 20 heavy (non-hydrogen) atoms. The molecule has 0 bridgehead atoms. The summed E-state index contributed by atoms with van der Waals surface area (Å²) in [4.78, 5) is 11.5. The van der Waals surface area contributed by atoms with Gasteiger partial charge in [-0.25, -0.2) is 0 Å². The monoisotopic (exact) mass is 273 g/mol. The van der Waals surface area contributed by atoms with Crippen molar-refractivity contribution in [2.75, 3.05) is 7.11 Å². The van der Waals surface area contributed by atoms with Gasteiger partial charge in [0.1, 0.15) is 11.8 Å². The zero-order valence-corrected chi connectivity index (χ0v) is 11.9. The molecule has 1 unspecified atom stereocenters. The fraction of sp³-hybridized carbons (Fsp3) is 0.312. The van der Waals surface area contributed by atoms with Crippen molar-refractivity contribution in [2.24, 2.45) is 0 Å². The largest absolute Gasteiger partial charge is 0.496 e. The number of hydrogen-bond acceptors (Lipinski definition) is 3. The number of nitrogens with one attached hydrogen (secondary N) is 1. The number of aliphatic carboxylic acids is 1. The molecule has 2 aromatic rings. The molecule has 1 atom stereocenters. The van der Waals surface area contributed by atoms with E-state index in [1.165, 1.54) is 0 Å². The van der Waals surface area contributed by atoms with Crippen molar-refractivity contribution in [1.29, 1.82) is 0 Å². The minimum absolute atomic E-state index is 0.0805. The lowest BCUT2D eigenvalue weighted by molar-refractivity contribution is -0.139. The van der Waals surface area contributed by atoms with Gasteiger partial charge in [0.2, 0.25) is 0 Å². The quantitative estimate of drug-likeness (QED) is 0.879. The summed E-state index contributed by atoms with van der Waals surface area (Å²) in [5.74, 6) is -0.132. The van der Waals surface area contributed by atoms with E-state index in [4.69, 9.17) is 4.74 Å². The average Bonchev–Trinajstić information content (AvgIpc) is 2.43. The van der Waals surface area contributed by atoms with Crippen LogP contribution in [0.3, 0.4) is 0 Å². The molecule has 0 heterocycles. The number of carboxylic acids is 1. The molecule has 4 heteroatoms. The predicted octanol–water partition coefficient (Wildman–Crippen LogP) is 2.97. The third-order valence-corrected chi connectivity index (χ3v) is 3.20. The van der Waals surface area contributed by atoms with Gasteiger partial charge in [-0.05, 0) is 30.9 Å². The highest BCUT2D eigenvalue weighted by atomic mass is 16.5. The van der Waals surface area contributed by atoms with Crippen LogP contribution in [0, 0.1) is 0 Å². The number of benzene rings is 2. The summed E-state index contributed by atoms with van der Waals surface area (Å²) in [5, 5.41) is 14.4. The van der Waals surface area contributed by atoms with Gasteiger partial charge in [0.25, 0.3) is 0 Å². The van der Waals surface area contributed by atoms with Crippen molar-refractivity contribution in [2.45, 2.75) is 25.9 Å². The number of methoxy groups -OCH3 is 1. The second-order valence-electron chi connectivity index (χ2n) is 5.00. The Morgan fingerprint density at radius 2 is 1.80 bits per heavy atom. The van der Waals surface area contributed by atoms with Gasteiger partial charge >= 0.3 is 5.97 Å². The van der Waals surface area contributed by atoms with Gasteiger partial charge in [0.15, 0.2) is 0 Å². The molecular formula is C16H19NO3. The fourth-order valence-corrected chi connectivity index (χ4v) is 2.35. The van der Waals surface area contributed by atoms with Crippen molar-refractivity contribution in [3.63, 3.8) is 0 Å². The van der Waals surface area contributed by atoms with Gasteiger partial charge in [-0.15, -0.1) is 0 Å². The maximum Gasteiger partial charge on any atom is 0.325 e. The molecular weight excluding hydrogens is 254 g/mol. The van der Waals surface area contributed by atoms with E-state index in [0.717, 1.165) is 22.1 Å². The van der Waals surface area contributed by atoms with Gasteiger partial charge in [-0.3, -0.25) is 10.1 Å². The maximum atomic E-state index is 11.5. The third kappa shape index (κ3) is 2.75. The Bertz CT molecular complexity index is 622. The van der Waals surface area contributed by atoms with Crippen LogP contribution in [0.4, 0.5) is 0 Å². The molecule has 0 radical (unpaired) electrons. The van der Waals surface area contributed by atoms with E-state index in [9.17, 15) is 9.90 Å². The van der Waals surface area contributed by atoms with Gasteiger partial charge in [0, 0.05) is 11.4 Å². The highest BCUT2D eigenvalue weighted by Crippen LogP contribution is 2.31. The molecule has 0 fully saturated rings. The van der Waals surface area contributed by atoms with Crippen molar-refractivity contribution >= 4 is 16.7 Å². The molecule has 0 aromatic heterocycles. The molecule has 0 aliphatic rings. The highest BCUT2D eigenvalue weighted by molar-refractivity contribution is 5.94. The molecule has 0 saturated heterocycles. The Labute approximate surface area is 118 Å². The van der Waals surface area contributed by atoms with E-state index < -0.39 is 12.0 Å². The molecule has 0 amide bonds. The number of hydrogen-bond donors (Lipinski definition) is 2. The zero-order chi connectivity index (χ0) is 14.7. The molecule has 0 aliphatic heterocycles. The summed E-state index contributed by atoms with van der Waals surface area (Å²) >= 11 is 0. The van der Waals surface area contributed by atoms with Crippen LogP contribution in [0.5, 0.6) is 5.75 Å². The lowest BCUT2D eigenvalue weighted by atomic mass is 9.97. The van der Waals surface area contributed by atoms with Crippen LogP contribution in [-0.4, -0.2) is 24.2 Å². The first kappa shape index (κ1) is 14.3. The van der Waals surface area contributed by atoms with Crippen LogP contribution in [0.2, 0.25) is 0 Å². The Morgan fingerprint density at radius 3 is 2.35 bits per heavy atom. The highest BCUT2D eigenvalue weighted by Gasteiger charge is 2.23. The second-order valence-corrected chi connectivity index (χ2v) is 5.00. The van der Waals surface area contributed by atoms with Crippen molar-refractivity contribution in [3.05, 3.63) is 42.0 Å². The van der Waals surface area contributed by atoms with Crippen LogP contribution < -0.4 is 10.1 Å². The van der Waals surface area contributed by atoms with Crippen molar-refractivity contribution in [1.82, 2.24) is 5.32 Å². The molecule has 0 spiro atoms. The number of ether oxygens (including phenoxy) is 1. The minimum atomic E-state index is -0.881. The Kier molecular flexibility index (Phi) is 4.25. The van der Waals surface area contributed by atoms with Crippen LogP contribution >= 0.6 is 0 Å². The predicted molar refractivity (Wildman–Crippen MR) is 79.1 cm³/mol. The molecule has 106 valence electrons. The van der Waals surface area contributed by atoms with Crippen LogP contribution in [0.1, 0.15) is 25.5 Å². The first-order chi connectivity index (χ1) is 9.54. The summed E-state index contributed by atoms with van der Waals surface area (Å²) < 4.78 is 5.34. The van der Waals surface area contributed by atoms with E-state index in [0.29, 0.717) is 0 Å². The maximum absolute atomic E-state index is 11.5. The number of fused-ring (bicyclic) bond motifs is 1. The van der Waals surface area contributed by atoms with Gasteiger partial charge in [-0.1, -0.05) is 30.3 Å². The summed E-state index contributed by atoms with van der Waals surface area (Å²) in [7, 11) is 1.61. The molecule has 0 aliphatic carbocycles. The van der Waals surface area contributed by atoms with Gasteiger partial charge < -0.3 is 9.84 Å². The van der Waals surface area contributed by atoms with E-state index in [1.807, 2.05) is 50.2 Å². The third-order valence-electron chi connectivity index (χ3n) is 3.20. The zero-order valence-electron chi connectivity index (χ0n) is 11.9. The molecule has 0 saturated carbocycles. The van der Waals surface area contributed by atoms with Crippen LogP contribution in [0.15, 0.2) is 36.4 Å². The van der Waals surface area contributed by atoms with E-state index >= 15 is 0 Å². The summed E-state index contributed by atoms with van der Waals surface area (Å²) in [6.45, 7) is 3.86. The topological polar surface area (TPSA) is 58.6 Å². The van der Waals surface area contributed by atoms with Crippen molar-refractivity contribution in [3.8, 4) is 5.75 Å². The fourth-order valence-electron chi connectivity index (χ4n) is 2.35. The molecule has 2 aromatic carbocycles. The van der Waals surface area contributed by atoms with Crippen LogP contribution in [0.25, 0.3) is 10.8 Å². The molecule has 2 rings (SSSR count). The summed E-state index contributed by atoms with van der Waals surface area (Å²) in [6.07, 6.45) is 0. The van der Waals surface area contributed by atoms with E-state index in [2.05, 4.69) is 5.32 Å². The van der Waals surface area contributed by atoms with E-state index in [1.54, 1.807) is 7.11 Å². The number of carboxylic acid groups (broad SMARTS) is 1. The van der Waals surface area contributed by atoms with Gasteiger partial charge in [0.05, 0.1) is 7.11 Å². The summed E-state index contributed by atoms with van der Waals surface area (Å²) in [6, 6.07) is 10.7. The average molecular weight is 273 g/mol. The lowest BCUT2D eigenvalue weighted by Gasteiger charge is -2.20. The summed E-state index contributed by atoms with van der Waals surface area (Å²) in [5.41, 5.74) is 0.752. The first-order valence-electron chi connectivity index (χ1n) is 6.59. The SMILES string of the molecule is COc1ccc(C(NC(C)C)C(=O)O)c2ccccc12. The first-order valence-corrected chi connectivity index (χ1v) is 6.59. The molecule has 4 nitrogen and oxygen atoms in total. The number of rotatable bonds is 5. The Balaban J connectivity index is 2.61. The number of carbonyl (C=O) groups is 1.